The maximum atomic E-state index is 14.4. The van der Waals surface area contributed by atoms with E-state index in [1.807, 2.05) is 10.6 Å². The third kappa shape index (κ3) is 17.4. The molecule has 26 nitrogen and oxygen atoms in total. The van der Waals surface area contributed by atoms with Gasteiger partial charge in [-0.2, -0.15) is 0 Å². The maximum absolute atomic E-state index is 14.4. The van der Waals surface area contributed by atoms with Gasteiger partial charge in [-0.1, -0.05) is 78.9 Å². The first-order valence-corrected chi connectivity index (χ1v) is 25.6. The Morgan fingerprint density at radius 1 is 0.598 bits per heavy atom. The zero-order valence-corrected chi connectivity index (χ0v) is 44.0. The first-order valence-electron chi connectivity index (χ1n) is 25.2. The van der Waals surface area contributed by atoms with E-state index >= 15 is 0 Å². The maximum Gasteiger partial charge on any atom is 0.336 e. The van der Waals surface area contributed by atoms with Crippen molar-refractivity contribution in [1.82, 2.24) is 37.2 Å². The van der Waals surface area contributed by atoms with Gasteiger partial charge in [0, 0.05) is 74.0 Å². The van der Waals surface area contributed by atoms with E-state index in [0.717, 1.165) is 0 Å². The molecule has 0 aromatic heterocycles. The molecule has 82 heavy (non-hydrogen) atoms. The number of benzene rings is 4. The molecule has 6 amide bonds. The number of carbonyl (C=O) groups is 11. The number of anilines is 1. The minimum atomic E-state index is -2.23. The van der Waals surface area contributed by atoms with E-state index in [-0.39, 0.29) is 58.8 Å². The summed E-state index contributed by atoms with van der Waals surface area (Å²) in [5.74, 6) is -12.7. The molecule has 27 heteroatoms. The number of amides is 6. The van der Waals surface area contributed by atoms with Gasteiger partial charge in [-0.3, -0.25) is 28.8 Å². The van der Waals surface area contributed by atoms with E-state index in [4.69, 9.17) is 22.1 Å². The highest BCUT2D eigenvalue weighted by atomic mass is 32.1. The van der Waals surface area contributed by atoms with Crippen LogP contribution in [0.3, 0.4) is 0 Å². The average molecular weight is 1150 g/mol. The third-order valence-electron chi connectivity index (χ3n) is 12.8. The van der Waals surface area contributed by atoms with Gasteiger partial charge in [0.15, 0.2) is 10.9 Å². The molecule has 0 saturated carbocycles. The molecule has 1 aliphatic heterocycles. The van der Waals surface area contributed by atoms with Gasteiger partial charge in [-0.05, 0) is 66.0 Å². The number of carbonyl (C=O) groups excluding carboxylic acids is 6. The molecule has 4 aromatic carbocycles. The molecule has 2 aliphatic rings. The van der Waals surface area contributed by atoms with Gasteiger partial charge in [0.25, 0.3) is 5.91 Å². The zero-order valence-electron chi connectivity index (χ0n) is 43.2. The van der Waals surface area contributed by atoms with Crippen molar-refractivity contribution in [2.24, 2.45) is 5.92 Å². The minimum Gasteiger partial charge on any atom is -0.508 e. The molecule has 0 saturated heterocycles. The van der Waals surface area contributed by atoms with Gasteiger partial charge in [0.05, 0.1) is 5.56 Å². The van der Waals surface area contributed by atoms with Crippen LogP contribution in [0.15, 0.2) is 121 Å². The predicted molar refractivity (Wildman–Crippen MR) is 291 cm³/mol. The zero-order chi connectivity index (χ0) is 59.6. The number of urea groups is 1. The number of phenols is 1. The molecule has 0 bridgehead atoms. The summed E-state index contributed by atoms with van der Waals surface area (Å²) in [6.07, 6.45) is 1.94. The Hall–Kier alpha value is -10.2. The number of aliphatic carboxylic acids is 4. The molecule has 0 spiro atoms. The predicted octanol–water partition coefficient (Wildman–Crippen LogP) is 1.53. The summed E-state index contributed by atoms with van der Waals surface area (Å²) in [5, 5.41) is 77.6. The van der Waals surface area contributed by atoms with Gasteiger partial charge >= 0.3 is 35.9 Å². The quantitative estimate of drug-likeness (QED) is 0.0229. The molecule has 430 valence electrons. The number of nitrogens with one attached hydrogen (secondary N) is 8. The minimum absolute atomic E-state index is 0.0309. The molecule has 6 rings (SSSR count). The average Bonchev–Trinajstić information content (AvgIpc) is 3.56. The van der Waals surface area contributed by atoms with Crippen molar-refractivity contribution in [3.8, 4) is 11.5 Å². The highest BCUT2D eigenvalue weighted by molar-refractivity contribution is 7.80. The van der Waals surface area contributed by atoms with Crippen molar-refractivity contribution in [3.63, 3.8) is 0 Å². The van der Waals surface area contributed by atoms with Crippen molar-refractivity contribution in [3.05, 3.63) is 149 Å². The molecule has 4 aromatic rings. The number of hydrogen-bond acceptors (Lipinski definition) is 14. The van der Waals surface area contributed by atoms with E-state index in [1.54, 1.807) is 84.9 Å². The first kappa shape index (κ1) is 61.0. The van der Waals surface area contributed by atoms with E-state index in [9.17, 15) is 78.3 Å². The van der Waals surface area contributed by atoms with E-state index in [0.29, 0.717) is 22.3 Å². The third-order valence-corrected chi connectivity index (χ3v) is 13.0. The molecule has 7 atom stereocenters. The van der Waals surface area contributed by atoms with Crippen LogP contribution in [-0.4, -0.2) is 144 Å². The van der Waals surface area contributed by atoms with E-state index < -0.39 is 134 Å². The number of ether oxygens (including phenoxy) is 1. The Balaban J connectivity index is 1.10. The van der Waals surface area contributed by atoms with Crippen LogP contribution in [0.25, 0.3) is 0 Å². The van der Waals surface area contributed by atoms with Gasteiger partial charge < -0.3 is 77.9 Å². The van der Waals surface area contributed by atoms with Crippen LogP contribution in [0.1, 0.15) is 64.2 Å². The normalized spacial score (nSPS) is 15.7. The van der Waals surface area contributed by atoms with Crippen LogP contribution in [-0.2, 0) is 56.0 Å². The smallest absolute Gasteiger partial charge is 0.336 e. The number of carboxylic acids is 5. The standard InChI is InChI=1S/C55H56N8O18S/c64-31-12-15-34-41(26-31)81-42-27-32(65)13-16-35(42)45(34)33-14-11-30(25-36(33)50(72)73)58-55(82)62-40(24-29-9-5-2-6-10-29)47(69)59-39(23-28-7-3-1-4-8-28)48(70)63-46(53(78)79)49(71)57-22-21-56-43(66)19-17-37(51(74)75)60-54(80)61-38(52(76)77)18-20-44(67)68/h1-16,25-27,34,37-40,45-46,65H,17-24H2,(H,56,66)(H,57,71)(H,59,69)(H,63,70)(H,67,68)(H,72,73)(H,74,75)(H,76,77)(H,78,79)(H2,58,62,82)(H2,60,61,80)/t34?,37-,38-,39?,40?,45?,46+/m0/s1. The van der Waals surface area contributed by atoms with Gasteiger partial charge in [0.2, 0.25) is 23.8 Å². The Kier molecular flexibility index (Phi) is 21.3. The topological polar surface area (TPSA) is 415 Å². The second-order valence-corrected chi connectivity index (χ2v) is 19.0. The lowest BCUT2D eigenvalue weighted by molar-refractivity contribution is -0.147. The fourth-order valence-electron chi connectivity index (χ4n) is 8.78. The molecule has 1 heterocycles. The van der Waals surface area contributed by atoms with Crippen LogP contribution in [0, 0.1) is 5.92 Å². The van der Waals surface area contributed by atoms with Gasteiger partial charge in [-0.25, -0.2) is 24.0 Å². The van der Waals surface area contributed by atoms with Crippen molar-refractivity contribution in [1.29, 1.82) is 0 Å². The molecule has 0 fully saturated rings. The fourth-order valence-corrected chi connectivity index (χ4v) is 9.04. The van der Waals surface area contributed by atoms with Crippen LogP contribution in [0.5, 0.6) is 11.5 Å². The lowest BCUT2D eigenvalue weighted by atomic mass is 9.74. The molecule has 0 radical (unpaired) electrons. The summed E-state index contributed by atoms with van der Waals surface area (Å²) in [7, 11) is 0. The lowest BCUT2D eigenvalue weighted by Crippen LogP contribution is -2.59. The summed E-state index contributed by atoms with van der Waals surface area (Å²) >= 11 is 5.67. The number of carboxylic acid groups (broad SMARTS) is 5. The largest absolute Gasteiger partial charge is 0.508 e. The summed E-state index contributed by atoms with van der Waals surface area (Å²) in [6.45, 7) is -0.728. The molecule has 14 N–H and O–H groups in total. The first-order chi connectivity index (χ1) is 39.1. The number of allylic oxidation sites excluding steroid dienone is 3. The Labute approximate surface area is 471 Å². The second-order valence-electron chi connectivity index (χ2n) is 18.6. The number of aromatic carboxylic acids is 1. The van der Waals surface area contributed by atoms with E-state index in [2.05, 4.69) is 31.9 Å². The van der Waals surface area contributed by atoms with Crippen LogP contribution in [0.2, 0.25) is 0 Å². The van der Waals surface area contributed by atoms with Gasteiger partial charge in [-0.15, -0.1) is 0 Å². The van der Waals surface area contributed by atoms with Crippen LogP contribution < -0.4 is 47.3 Å². The van der Waals surface area contributed by atoms with E-state index in [1.165, 1.54) is 30.4 Å². The molecular weight excluding hydrogens is 1090 g/mol. The number of ketones is 1. The summed E-state index contributed by atoms with van der Waals surface area (Å²) in [4.78, 5) is 138. The van der Waals surface area contributed by atoms with Crippen LogP contribution >= 0.6 is 12.2 Å². The van der Waals surface area contributed by atoms with Crippen molar-refractivity contribution in [2.45, 2.75) is 74.7 Å². The number of thiocarbonyl (C=S) groups is 1. The van der Waals surface area contributed by atoms with Crippen molar-refractivity contribution < 1.29 is 88.1 Å². The SMILES string of the molecule is O=C1C=CC2C(=C1)Oc1cc(O)ccc1C2c1ccc(NC(=S)NC(Cc2ccccc2)C(=O)NC(Cc2ccccc2)C(=O)N[C@@H](C(=O)O)C(=O)NCCNC(=O)CC[C@H](NC(=O)N[C@@H](CCC(=O)O)C(=O)O)C(=O)O)cc1C(=O)O. The molecule has 4 unspecified atom stereocenters. The Bertz CT molecular complexity index is 3190. The van der Waals surface area contributed by atoms with Gasteiger partial charge in [0.1, 0.15) is 41.4 Å². The number of fused-ring (bicyclic) bond motifs is 2. The Morgan fingerprint density at radius 3 is 1.76 bits per heavy atom. The molecular formula is C55H56N8O18S. The Morgan fingerprint density at radius 2 is 1.17 bits per heavy atom. The number of phenolic OH excluding ortho intramolecular Hbond substituents is 1. The second kappa shape index (κ2) is 28.6. The molecule has 1 aliphatic carbocycles. The van der Waals surface area contributed by atoms with Crippen molar-refractivity contribution >= 4 is 88.3 Å². The number of hydrogen-bond donors (Lipinski definition) is 14. The summed E-state index contributed by atoms with van der Waals surface area (Å²) < 4.78 is 5.98. The highest BCUT2D eigenvalue weighted by Gasteiger charge is 2.39. The summed E-state index contributed by atoms with van der Waals surface area (Å²) in [6, 6.07) is 16.3. The van der Waals surface area contributed by atoms with Crippen LogP contribution in [0.4, 0.5) is 10.5 Å². The number of aromatic hydroxyl groups is 1. The fraction of sp³-hybridized carbons (Fsp3) is 0.273. The lowest BCUT2D eigenvalue weighted by Gasteiger charge is -2.35. The highest BCUT2D eigenvalue weighted by Crippen LogP contribution is 2.49. The monoisotopic (exact) mass is 1150 g/mol. The summed E-state index contributed by atoms with van der Waals surface area (Å²) in [5.41, 5.74) is 2.10. The number of rotatable bonds is 27. The van der Waals surface area contributed by atoms with Crippen molar-refractivity contribution in [2.75, 3.05) is 18.4 Å².